The molecule has 0 aromatic heterocycles. The Morgan fingerprint density at radius 2 is 2.00 bits per heavy atom. The Morgan fingerprint density at radius 3 is 2.57 bits per heavy atom. The third-order valence-electron chi connectivity index (χ3n) is 2.66. The predicted molar refractivity (Wildman–Crippen MR) is 72.9 cm³/mol. The Bertz CT molecular complexity index is 565. The van der Waals surface area contributed by atoms with Crippen molar-refractivity contribution in [3.05, 3.63) is 23.8 Å². The standard InChI is InChI=1S/C14H16N2O5/c1-16(8-14(18)20-3)13(17)9-21-11-5-4-10(7-15)6-12(11)19-2/h4-6H,8-9H2,1-3H3. The quantitative estimate of drug-likeness (QED) is 0.712. The number of nitriles is 1. The number of benzene rings is 1. The Morgan fingerprint density at radius 1 is 1.29 bits per heavy atom. The third kappa shape index (κ3) is 4.69. The number of nitrogens with zero attached hydrogens (tertiary/aromatic N) is 2. The van der Waals surface area contributed by atoms with Crippen LogP contribution < -0.4 is 9.47 Å². The van der Waals surface area contributed by atoms with E-state index in [1.165, 1.54) is 32.2 Å². The van der Waals surface area contributed by atoms with Crippen molar-refractivity contribution >= 4 is 11.9 Å². The summed E-state index contributed by atoms with van der Waals surface area (Å²) in [5.74, 6) is -0.192. The van der Waals surface area contributed by atoms with Crippen LogP contribution in [0.1, 0.15) is 5.56 Å². The van der Waals surface area contributed by atoms with Crippen LogP contribution in [0.15, 0.2) is 18.2 Å². The fourth-order valence-corrected chi connectivity index (χ4v) is 1.45. The lowest BCUT2D eigenvalue weighted by Gasteiger charge is -2.16. The molecule has 0 saturated carbocycles. The van der Waals surface area contributed by atoms with Gasteiger partial charge in [-0.2, -0.15) is 5.26 Å². The average Bonchev–Trinajstić information content (AvgIpc) is 2.51. The van der Waals surface area contributed by atoms with Crippen LogP contribution in [-0.2, 0) is 14.3 Å². The number of carbonyl (C=O) groups is 2. The molecule has 0 saturated heterocycles. The molecule has 1 rings (SSSR count). The zero-order chi connectivity index (χ0) is 15.8. The lowest BCUT2D eigenvalue weighted by atomic mass is 10.2. The van der Waals surface area contributed by atoms with Crippen molar-refractivity contribution in [1.82, 2.24) is 4.90 Å². The highest BCUT2D eigenvalue weighted by molar-refractivity contribution is 5.82. The highest BCUT2D eigenvalue weighted by Crippen LogP contribution is 2.27. The Balaban J connectivity index is 2.65. The molecule has 1 aromatic rings. The van der Waals surface area contributed by atoms with Crippen molar-refractivity contribution in [2.24, 2.45) is 0 Å². The van der Waals surface area contributed by atoms with E-state index in [0.717, 1.165) is 0 Å². The molecule has 0 fully saturated rings. The average molecular weight is 292 g/mol. The molecule has 0 N–H and O–H groups in total. The van der Waals surface area contributed by atoms with Gasteiger partial charge in [0.2, 0.25) is 0 Å². The molecule has 7 nitrogen and oxygen atoms in total. The Kier molecular flexibility index (Phi) is 6.01. The summed E-state index contributed by atoms with van der Waals surface area (Å²) in [5.41, 5.74) is 0.424. The molecule has 1 aromatic carbocycles. The van der Waals surface area contributed by atoms with Crippen LogP contribution in [0.4, 0.5) is 0 Å². The molecule has 0 radical (unpaired) electrons. The van der Waals surface area contributed by atoms with Gasteiger partial charge in [0.05, 0.1) is 25.9 Å². The SMILES string of the molecule is COC(=O)CN(C)C(=O)COc1ccc(C#N)cc1OC. The van der Waals surface area contributed by atoms with Gasteiger partial charge in [0.25, 0.3) is 5.91 Å². The van der Waals surface area contributed by atoms with Crippen molar-refractivity contribution in [3.8, 4) is 17.6 Å². The number of likely N-dealkylation sites (N-methyl/N-ethyl adjacent to an activating group) is 1. The van der Waals surface area contributed by atoms with Gasteiger partial charge in [0, 0.05) is 13.1 Å². The Labute approximate surface area is 122 Å². The van der Waals surface area contributed by atoms with Crippen LogP contribution in [0.25, 0.3) is 0 Å². The van der Waals surface area contributed by atoms with E-state index in [0.29, 0.717) is 17.1 Å². The van der Waals surface area contributed by atoms with Crippen LogP contribution >= 0.6 is 0 Å². The summed E-state index contributed by atoms with van der Waals surface area (Å²) in [7, 11) is 4.16. The number of methoxy groups -OCH3 is 2. The minimum absolute atomic E-state index is 0.150. The first-order chi connectivity index (χ1) is 10.0. The van der Waals surface area contributed by atoms with Gasteiger partial charge in [-0.1, -0.05) is 0 Å². The molecule has 7 heteroatoms. The summed E-state index contributed by atoms with van der Waals surface area (Å²) in [6.45, 7) is -0.404. The first kappa shape index (κ1) is 16.3. The molecule has 0 aliphatic rings. The first-order valence-electron chi connectivity index (χ1n) is 6.03. The van der Waals surface area contributed by atoms with E-state index in [-0.39, 0.29) is 19.1 Å². The number of rotatable bonds is 6. The van der Waals surface area contributed by atoms with E-state index < -0.39 is 5.97 Å². The van der Waals surface area contributed by atoms with Crippen molar-refractivity contribution in [2.75, 3.05) is 34.4 Å². The monoisotopic (exact) mass is 292 g/mol. The molecule has 1 amide bonds. The van der Waals surface area contributed by atoms with Gasteiger partial charge < -0.3 is 19.1 Å². The molecule has 0 unspecified atom stereocenters. The summed E-state index contributed by atoms with van der Waals surface area (Å²) in [6.07, 6.45) is 0. The van der Waals surface area contributed by atoms with E-state index in [9.17, 15) is 9.59 Å². The molecular formula is C14H16N2O5. The number of hydrogen-bond acceptors (Lipinski definition) is 6. The highest BCUT2D eigenvalue weighted by atomic mass is 16.5. The maximum Gasteiger partial charge on any atom is 0.325 e. The third-order valence-corrected chi connectivity index (χ3v) is 2.66. The maximum absolute atomic E-state index is 11.8. The van der Waals surface area contributed by atoms with Crippen molar-refractivity contribution in [3.63, 3.8) is 0 Å². The van der Waals surface area contributed by atoms with E-state index in [1.54, 1.807) is 12.1 Å². The zero-order valence-electron chi connectivity index (χ0n) is 12.1. The van der Waals surface area contributed by atoms with Crippen LogP contribution in [-0.4, -0.2) is 51.2 Å². The van der Waals surface area contributed by atoms with Crippen LogP contribution in [0.2, 0.25) is 0 Å². The normalized spacial score (nSPS) is 9.43. The molecule has 0 atom stereocenters. The van der Waals surface area contributed by atoms with Crippen LogP contribution in [0.5, 0.6) is 11.5 Å². The van der Waals surface area contributed by atoms with Crippen LogP contribution in [0.3, 0.4) is 0 Å². The minimum atomic E-state index is -0.512. The summed E-state index contributed by atoms with van der Waals surface area (Å²) in [6, 6.07) is 6.59. The van der Waals surface area contributed by atoms with Gasteiger partial charge >= 0.3 is 5.97 Å². The lowest BCUT2D eigenvalue weighted by molar-refractivity contribution is -0.146. The van der Waals surface area contributed by atoms with Gasteiger partial charge in [-0.3, -0.25) is 9.59 Å². The number of hydrogen-bond donors (Lipinski definition) is 0. The highest BCUT2D eigenvalue weighted by Gasteiger charge is 2.15. The topological polar surface area (TPSA) is 88.9 Å². The van der Waals surface area contributed by atoms with E-state index >= 15 is 0 Å². The van der Waals surface area contributed by atoms with E-state index in [2.05, 4.69) is 4.74 Å². The predicted octanol–water partition coefficient (Wildman–Crippen LogP) is 0.577. The van der Waals surface area contributed by atoms with Crippen molar-refractivity contribution < 1.29 is 23.8 Å². The fourth-order valence-electron chi connectivity index (χ4n) is 1.45. The van der Waals surface area contributed by atoms with Gasteiger partial charge in [-0.25, -0.2) is 0 Å². The minimum Gasteiger partial charge on any atom is -0.493 e. The van der Waals surface area contributed by atoms with Gasteiger partial charge in [-0.05, 0) is 12.1 Å². The fraction of sp³-hybridized carbons (Fsp3) is 0.357. The molecule has 0 bridgehead atoms. The largest absolute Gasteiger partial charge is 0.493 e. The second-order valence-corrected chi connectivity index (χ2v) is 4.09. The lowest BCUT2D eigenvalue weighted by Crippen LogP contribution is -2.35. The van der Waals surface area contributed by atoms with Crippen molar-refractivity contribution in [2.45, 2.75) is 0 Å². The molecule has 0 aliphatic heterocycles. The number of ether oxygens (including phenoxy) is 3. The van der Waals surface area contributed by atoms with E-state index in [1.807, 2.05) is 6.07 Å². The van der Waals surface area contributed by atoms with Crippen LogP contribution in [0, 0.1) is 11.3 Å². The summed E-state index contributed by atoms with van der Waals surface area (Å²) in [5, 5.41) is 8.80. The molecular weight excluding hydrogens is 276 g/mol. The van der Waals surface area contributed by atoms with Gasteiger partial charge in [0.15, 0.2) is 18.1 Å². The van der Waals surface area contributed by atoms with E-state index in [4.69, 9.17) is 14.7 Å². The van der Waals surface area contributed by atoms with Gasteiger partial charge in [0.1, 0.15) is 6.54 Å². The number of esters is 1. The summed E-state index contributed by atoms with van der Waals surface area (Å²) < 4.78 is 14.9. The maximum atomic E-state index is 11.8. The summed E-state index contributed by atoms with van der Waals surface area (Å²) >= 11 is 0. The second-order valence-electron chi connectivity index (χ2n) is 4.09. The zero-order valence-corrected chi connectivity index (χ0v) is 12.1. The first-order valence-corrected chi connectivity index (χ1v) is 6.03. The number of carbonyl (C=O) groups excluding carboxylic acids is 2. The summed E-state index contributed by atoms with van der Waals surface area (Å²) in [4.78, 5) is 24.1. The molecule has 0 heterocycles. The molecule has 21 heavy (non-hydrogen) atoms. The Hall–Kier alpha value is -2.75. The molecule has 0 aliphatic carbocycles. The molecule has 112 valence electrons. The molecule has 0 spiro atoms. The van der Waals surface area contributed by atoms with Crippen molar-refractivity contribution in [1.29, 1.82) is 5.26 Å². The number of amides is 1. The van der Waals surface area contributed by atoms with Gasteiger partial charge in [-0.15, -0.1) is 0 Å². The second kappa shape index (κ2) is 7.75. The smallest absolute Gasteiger partial charge is 0.325 e.